The second-order valence-electron chi connectivity index (χ2n) is 5.90. The number of benzene rings is 2. The molecule has 0 spiro atoms. The van der Waals surface area contributed by atoms with Crippen molar-refractivity contribution in [2.75, 3.05) is 12.3 Å². The van der Waals surface area contributed by atoms with E-state index in [0.717, 1.165) is 9.37 Å². The molecule has 0 fully saturated rings. The number of anilines is 1. The van der Waals surface area contributed by atoms with Crippen LogP contribution in [0.1, 0.15) is 17.3 Å². The SMILES string of the molecule is CCOC(=O)c1c(N)oc2c1c(Sc1ccc(Br)cc1)c(O)c1ncccc12. The minimum Gasteiger partial charge on any atom is -0.505 e. The summed E-state index contributed by atoms with van der Waals surface area (Å²) in [6.07, 6.45) is 1.58. The highest BCUT2D eigenvalue weighted by atomic mass is 79.9. The lowest BCUT2D eigenvalue weighted by Crippen LogP contribution is -2.06. The van der Waals surface area contributed by atoms with Gasteiger partial charge in [0.05, 0.1) is 16.9 Å². The zero-order valence-electron chi connectivity index (χ0n) is 14.7. The van der Waals surface area contributed by atoms with E-state index >= 15 is 0 Å². The van der Waals surface area contributed by atoms with Gasteiger partial charge < -0.3 is 20.0 Å². The molecule has 0 aliphatic rings. The molecule has 28 heavy (non-hydrogen) atoms. The number of phenols is 1. The van der Waals surface area contributed by atoms with E-state index in [9.17, 15) is 9.90 Å². The Labute approximate surface area is 172 Å². The highest BCUT2D eigenvalue weighted by Crippen LogP contribution is 2.48. The van der Waals surface area contributed by atoms with Crippen molar-refractivity contribution in [1.82, 2.24) is 4.98 Å². The Bertz CT molecular complexity index is 1200. The molecule has 0 bridgehead atoms. The van der Waals surface area contributed by atoms with Gasteiger partial charge in [-0.1, -0.05) is 27.7 Å². The number of hydrogen-bond donors (Lipinski definition) is 2. The monoisotopic (exact) mass is 458 g/mol. The Kier molecular flexibility index (Phi) is 4.91. The maximum absolute atomic E-state index is 12.6. The molecule has 0 radical (unpaired) electrons. The van der Waals surface area contributed by atoms with Gasteiger partial charge in [-0.25, -0.2) is 4.79 Å². The predicted octanol–water partition coefficient (Wildman–Crippen LogP) is 5.36. The van der Waals surface area contributed by atoms with E-state index in [0.29, 0.717) is 26.8 Å². The first-order chi connectivity index (χ1) is 13.5. The molecule has 4 aromatic rings. The van der Waals surface area contributed by atoms with Crippen molar-refractivity contribution in [3.63, 3.8) is 0 Å². The summed E-state index contributed by atoms with van der Waals surface area (Å²) in [6.45, 7) is 1.91. The van der Waals surface area contributed by atoms with Gasteiger partial charge in [-0.2, -0.15) is 0 Å². The van der Waals surface area contributed by atoms with Crippen LogP contribution in [0, 0.1) is 0 Å². The van der Waals surface area contributed by atoms with Crippen molar-refractivity contribution in [1.29, 1.82) is 0 Å². The van der Waals surface area contributed by atoms with Gasteiger partial charge in [-0.05, 0) is 43.3 Å². The van der Waals surface area contributed by atoms with E-state index in [1.54, 1.807) is 25.3 Å². The lowest BCUT2D eigenvalue weighted by atomic mass is 10.1. The fraction of sp³-hybridized carbons (Fsp3) is 0.100. The third-order valence-electron chi connectivity index (χ3n) is 4.17. The number of halogens is 1. The van der Waals surface area contributed by atoms with Crippen LogP contribution in [0.15, 0.2) is 61.3 Å². The third kappa shape index (κ3) is 3.08. The van der Waals surface area contributed by atoms with Crippen molar-refractivity contribution < 1.29 is 19.1 Å². The van der Waals surface area contributed by atoms with Crippen molar-refractivity contribution in [3.05, 3.63) is 52.6 Å². The maximum Gasteiger partial charge on any atom is 0.344 e. The summed E-state index contributed by atoms with van der Waals surface area (Å²) in [5, 5.41) is 12.0. The Morgan fingerprint density at radius 1 is 1.32 bits per heavy atom. The van der Waals surface area contributed by atoms with Gasteiger partial charge in [0.1, 0.15) is 16.7 Å². The number of fused-ring (bicyclic) bond motifs is 3. The molecule has 2 aromatic heterocycles. The molecule has 3 N–H and O–H groups in total. The molecule has 2 aromatic carbocycles. The smallest absolute Gasteiger partial charge is 0.344 e. The van der Waals surface area contributed by atoms with E-state index in [4.69, 9.17) is 14.9 Å². The first-order valence-electron chi connectivity index (χ1n) is 8.43. The number of hydrogen-bond acceptors (Lipinski definition) is 7. The third-order valence-corrected chi connectivity index (χ3v) is 5.81. The van der Waals surface area contributed by atoms with Crippen molar-refractivity contribution in [2.24, 2.45) is 0 Å². The number of ether oxygens (including phenoxy) is 1. The second-order valence-corrected chi connectivity index (χ2v) is 7.90. The molecule has 0 aliphatic heterocycles. The number of nitrogens with two attached hydrogens (primary N) is 1. The number of pyridine rings is 1. The molecule has 0 aliphatic carbocycles. The summed E-state index contributed by atoms with van der Waals surface area (Å²) < 4.78 is 11.8. The molecule has 6 nitrogen and oxygen atoms in total. The van der Waals surface area contributed by atoms with Gasteiger partial charge in [-0.15, -0.1) is 0 Å². The molecule has 0 unspecified atom stereocenters. The number of carbonyl (C=O) groups is 1. The van der Waals surface area contributed by atoms with Gasteiger partial charge in [0, 0.05) is 21.0 Å². The first-order valence-corrected chi connectivity index (χ1v) is 10.0. The number of aromatic nitrogens is 1. The fourth-order valence-electron chi connectivity index (χ4n) is 2.98. The molecule has 0 saturated carbocycles. The number of nitrogen functional groups attached to an aromatic ring is 1. The number of aromatic hydroxyl groups is 1. The van der Waals surface area contributed by atoms with Crippen LogP contribution in [-0.4, -0.2) is 22.7 Å². The van der Waals surface area contributed by atoms with Gasteiger partial charge in [-0.3, -0.25) is 4.98 Å². The summed E-state index contributed by atoms with van der Waals surface area (Å²) in [5.74, 6) is -0.691. The van der Waals surface area contributed by atoms with Gasteiger partial charge in [0.15, 0.2) is 5.75 Å². The molecular formula is C20H15BrN2O4S. The predicted molar refractivity (Wildman–Crippen MR) is 112 cm³/mol. The van der Waals surface area contributed by atoms with E-state index in [1.807, 2.05) is 24.3 Å². The summed E-state index contributed by atoms with van der Waals surface area (Å²) in [7, 11) is 0. The number of phenolic OH excluding ortho intramolecular Hbond substituents is 1. The number of nitrogens with zero attached hydrogens (tertiary/aromatic N) is 1. The molecule has 2 heterocycles. The molecule has 4 rings (SSSR count). The Morgan fingerprint density at radius 2 is 2.07 bits per heavy atom. The quantitative estimate of drug-likeness (QED) is 0.397. The highest BCUT2D eigenvalue weighted by molar-refractivity contribution is 9.10. The maximum atomic E-state index is 12.6. The fourth-order valence-corrected chi connectivity index (χ4v) is 4.25. The minimum atomic E-state index is -0.598. The number of rotatable bonds is 4. The zero-order chi connectivity index (χ0) is 19.8. The molecule has 0 atom stereocenters. The number of esters is 1. The standard InChI is InChI=1S/C20H15BrN2O4S/c1-2-26-20(25)14-13-17(27-19(14)22)12-4-3-9-23-15(12)16(24)18(13)28-11-7-5-10(21)6-8-11/h3-9,24H,2,22H2,1H3. The average molecular weight is 459 g/mol. The van der Waals surface area contributed by atoms with E-state index < -0.39 is 5.97 Å². The van der Waals surface area contributed by atoms with Crippen LogP contribution in [0.4, 0.5) is 5.88 Å². The lowest BCUT2D eigenvalue weighted by molar-refractivity contribution is 0.0529. The second kappa shape index (κ2) is 7.37. The number of carbonyl (C=O) groups excluding carboxylic acids is 1. The van der Waals surface area contributed by atoms with Crippen molar-refractivity contribution in [3.8, 4) is 5.75 Å². The van der Waals surface area contributed by atoms with Crippen LogP contribution >= 0.6 is 27.7 Å². The first kappa shape index (κ1) is 18.6. The van der Waals surface area contributed by atoms with Crippen LogP contribution in [0.2, 0.25) is 0 Å². The van der Waals surface area contributed by atoms with E-state index in [2.05, 4.69) is 20.9 Å². The Hall–Kier alpha value is -2.71. The summed E-state index contributed by atoms with van der Waals surface area (Å²) >= 11 is 4.70. The van der Waals surface area contributed by atoms with Crippen LogP contribution in [0.3, 0.4) is 0 Å². The van der Waals surface area contributed by atoms with Gasteiger partial charge >= 0.3 is 5.97 Å². The van der Waals surface area contributed by atoms with Crippen molar-refractivity contribution in [2.45, 2.75) is 16.7 Å². The topological polar surface area (TPSA) is 98.6 Å². The molecule has 8 heteroatoms. The van der Waals surface area contributed by atoms with E-state index in [1.165, 1.54) is 11.8 Å². The molecule has 142 valence electrons. The van der Waals surface area contributed by atoms with E-state index in [-0.39, 0.29) is 23.8 Å². The van der Waals surface area contributed by atoms with Crippen molar-refractivity contribution >= 4 is 61.4 Å². The normalized spacial score (nSPS) is 11.2. The minimum absolute atomic E-state index is 0.0395. The average Bonchev–Trinajstić information content (AvgIpc) is 3.04. The van der Waals surface area contributed by atoms with Crippen LogP contribution in [0.25, 0.3) is 21.9 Å². The summed E-state index contributed by atoms with van der Waals surface area (Å²) in [4.78, 5) is 18.1. The zero-order valence-corrected chi connectivity index (χ0v) is 17.1. The lowest BCUT2D eigenvalue weighted by Gasteiger charge is -2.10. The molecule has 0 amide bonds. The number of furan rings is 1. The Morgan fingerprint density at radius 3 is 2.79 bits per heavy atom. The van der Waals surface area contributed by atoms with Gasteiger partial charge in [0.25, 0.3) is 0 Å². The molecule has 0 saturated heterocycles. The van der Waals surface area contributed by atoms with Crippen LogP contribution < -0.4 is 5.73 Å². The highest BCUT2D eigenvalue weighted by Gasteiger charge is 2.28. The summed E-state index contributed by atoms with van der Waals surface area (Å²) in [5.41, 5.74) is 6.90. The largest absolute Gasteiger partial charge is 0.505 e. The molecular weight excluding hydrogens is 444 g/mol. The van der Waals surface area contributed by atoms with Crippen LogP contribution in [0.5, 0.6) is 5.75 Å². The van der Waals surface area contributed by atoms with Crippen LogP contribution in [-0.2, 0) is 4.74 Å². The van der Waals surface area contributed by atoms with Gasteiger partial charge in [0.2, 0.25) is 5.88 Å². The summed E-state index contributed by atoms with van der Waals surface area (Å²) in [6, 6.07) is 11.1. The Balaban J connectivity index is 2.05.